The Labute approximate surface area is 60.4 Å². The fraction of sp³-hybridized carbons (Fsp3) is 0.571. The van der Waals surface area contributed by atoms with Gasteiger partial charge in [0, 0.05) is 12.8 Å². The van der Waals surface area contributed by atoms with Crippen LogP contribution in [0.5, 0.6) is 0 Å². The summed E-state index contributed by atoms with van der Waals surface area (Å²) in [5.74, 6) is -0.335. The minimum atomic E-state index is -0.360. The van der Waals surface area contributed by atoms with Gasteiger partial charge in [-0.25, -0.2) is 0 Å². The summed E-state index contributed by atoms with van der Waals surface area (Å²) < 4.78 is 4.58. The summed E-state index contributed by atoms with van der Waals surface area (Å²) in [5, 5.41) is 0. The van der Waals surface area contributed by atoms with Crippen molar-refractivity contribution in [1.82, 2.24) is 0 Å². The minimum absolute atomic E-state index is 0.0249. The number of ketones is 1. The van der Waals surface area contributed by atoms with Crippen LogP contribution in [0.1, 0.15) is 19.8 Å². The first-order chi connectivity index (χ1) is 4.66. The molecule has 3 nitrogen and oxygen atoms in total. The van der Waals surface area contributed by atoms with E-state index in [1.165, 1.54) is 6.92 Å². The highest BCUT2D eigenvalue weighted by atomic mass is 16.5. The second-order valence-corrected chi connectivity index (χ2v) is 1.92. The zero-order valence-electron chi connectivity index (χ0n) is 6.05. The van der Waals surface area contributed by atoms with Gasteiger partial charge in [-0.3, -0.25) is 9.59 Å². The molecule has 0 aromatic heterocycles. The summed E-state index contributed by atoms with van der Waals surface area (Å²) in [6.07, 6.45) is 0.420. The van der Waals surface area contributed by atoms with Gasteiger partial charge < -0.3 is 4.74 Å². The number of rotatable bonds is 4. The Morgan fingerprint density at radius 3 is 2.50 bits per heavy atom. The molecule has 0 atom stereocenters. The summed E-state index contributed by atoms with van der Waals surface area (Å²) >= 11 is 0. The molecule has 1 radical (unpaired) electrons. The van der Waals surface area contributed by atoms with E-state index in [1.54, 1.807) is 0 Å². The molecule has 0 N–H and O–H groups in total. The highest BCUT2D eigenvalue weighted by molar-refractivity contribution is 5.76. The minimum Gasteiger partial charge on any atom is -0.465 e. The van der Waals surface area contributed by atoms with E-state index in [0.29, 0.717) is 6.42 Å². The molecule has 0 aromatic carbocycles. The zero-order chi connectivity index (χ0) is 7.98. The third kappa shape index (κ3) is 5.28. The molecule has 0 aromatic rings. The summed E-state index contributed by atoms with van der Waals surface area (Å²) in [6.45, 7) is 4.96. The van der Waals surface area contributed by atoms with Gasteiger partial charge in [-0.15, -0.1) is 0 Å². The van der Waals surface area contributed by atoms with E-state index >= 15 is 0 Å². The predicted molar refractivity (Wildman–Crippen MR) is 36.2 cm³/mol. The second-order valence-electron chi connectivity index (χ2n) is 1.92. The summed E-state index contributed by atoms with van der Waals surface area (Å²) in [6, 6.07) is 0. The molecule has 0 saturated carbocycles. The van der Waals surface area contributed by atoms with Gasteiger partial charge in [0.1, 0.15) is 5.78 Å². The smallest absolute Gasteiger partial charge is 0.305 e. The van der Waals surface area contributed by atoms with Crippen molar-refractivity contribution in [1.29, 1.82) is 0 Å². The molecule has 3 heteroatoms. The molecule has 0 aliphatic heterocycles. The first kappa shape index (κ1) is 9.14. The maximum absolute atomic E-state index is 10.4. The number of Topliss-reactive ketones (excluding diaryl/α,β-unsaturated/α-hetero) is 1. The van der Waals surface area contributed by atoms with Crippen LogP contribution < -0.4 is 0 Å². The Morgan fingerprint density at radius 2 is 2.10 bits per heavy atom. The van der Waals surface area contributed by atoms with Crippen LogP contribution in [-0.4, -0.2) is 18.4 Å². The van der Waals surface area contributed by atoms with Crippen molar-refractivity contribution in [3.8, 4) is 0 Å². The van der Waals surface area contributed by atoms with Crippen LogP contribution in [0.25, 0.3) is 0 Å². The van der Waals surface area contributed by atoms with Crippen molar-refractivity contribution in [2.24, 2.45) is 0 Å². The van der Waals surface area contributed by atoms with E-state index in [2.05, 4.69) is 11.7 Å². The van der Waals surface area contributed by atoms with Crippen molar-refractivity contribution in [3.63, 3.8) is 0 Å². The Hall–Kier alpha value is -0.860. The molecule has 0 rings (SSSR count). The standard InChI is InChI=1S/C7H11O3/c1-3-7(9)10-5-4-6(2)8/h1,3-5H2,2H3. The molecule has 0 spiro atoms. The first-order valence-electron chi connectivity index (χ1n) is 3.11. The fourth-order valence-electron chi connectivity index (χ4n) is 0.381. The van der Waals surface area contributed by atoms with Gasteiger partial charge in [0.2, 0.25) is 0 Å². The molecule has 10 heavy (non-hydrogen) atoms. The van der Waals surface area contributed by atoms with Crippen LogP contribution in [0.15, 0.2) is 0 Å². The van der Waals surface area contributed by atoms with Crippen LogP contribution >= 0.6 is 0 Å². The van der Waals surface area contributed by atoms with Crippen molar-refractivity contribution >= 4 is 11.8 Å². The second kappa shape index (κ2) is 4.97. The van der Waals surface area contributed by atoms with Crippen LogP contribution in [0, 0.1) is 6.92 Å². The normalized spacial score (nSPS) is 9.00. The van der Waals surface area contributed by atoms with Crippen LogP contribution in [-0.2, 0) is 14.3 Å². The first-order valence-corrected chi connectivity index (χ1v) is 3.11. The lowest BCUT2D eigenvalue weighted by atomic mass is 10.3. The van der Waals surface area contributed by atoms with E-state index in [1.807, 2.05) is 0 Å². The molecule has 0 heterocycles. The Bertz CT molecular complexity index is 129. The highest BCUT2D eigenvalue weighted by Gasteiger charge is 1.98. The summed E-state index contributed by atoms with van der Waals surface area (Å²) in [5.41, 5.74) is 0. The third-order valence-electron chi connectivity index (χ3n) is 0.921. The number of hydrogen-bond acceptors (Lipinski definition) is 3. The van der Waals surface area contributed by atoms with Gasteiger partial charge in [-0.05, 0) is 13.8 Å². The summed E-state index contributed by atoms with van der Waals surface area (Å²) in [7, 11) is 0. The SMILES string of the molecule is [CH2]CC(=O)OCCC(C)=O. The maximum atomic E-state index is 10.4. The van der Waals surface area contributed by atoms with E-state index in [-0.39, 0.29) is 24.8 Å². The van der Waals surface area contributed by atoms with Crippen molar-refractivity contribution in [2.75, 3.05) is 6.61 Å². The third-order valence-corrected chi connectivity index (χ3v) is 0.921. The summed E-state index contributed by atoms with van der Waals surface area (Å²) in [4.78, 5) is 20.7. The van der Waals surface area contributed by atoms with Gasteiger partial charge >= 0.3 is 5.97 Å². The molecule has 0 amide bonds. The molecule has 0 bridgehead atoms. The van der Waals surface area contributed by atoms with Gasteiger partial charge in [0.15, 0.2) is 0 Å². The number of carbonyl (C=O) groups excluding carboxylic acids is 2. The van der Waals surface area contributed by atoms with Gasteiger partial charge in [-0.1, -0.05) is 0 Å². The average Bonchev–Trinajstić information content (AvgIpc) is 1.87. The number of hydrogen-bond donors (Lipinski definition) is 0. The monoisotopic (exact) mass is 143 g/mol. The molecule has 57 valence electrons. The lowest BCUT2D eigenvalue weighted by Gasteiger charge is -1.98. The average molecular weight is 143 g/mol. The molecule has 0 unspecified atom stereocenters. The highest BCUT2D eigenvalue weighted by Crippen LogP contribution is 1.87. The van der Waals surface area contributed by atoms with E-state index < -0.39 is 0 Å². The predicted octanol–water partition coefficient (Wildman–Crippen LogP) is 0.733. The lowest BCUT2D eigenvalue weighted by molar-refractivity contribution is -0.143. The van der Waals surface area contributed by atoms with Crippen molar-refractivity contribution < 1.29 is 14.3 Å². The maximum Gasteiger partial charge on any atom is 0.305 e. The molecule has 0 saturated heterocycles. The van der Waals surface area contributed by atoms with E-state index in [4.69, 9.17) is 0 Å². The van der Waals surface area contributed by atoms with Crippen LogP contribution in [0.4, 0.5) is 0 Å². The van der Waals surface area contributed by atoms with Crippen LogP contribution in [0.2, 0.25) is 0 Å². The molecule has 0 aliphatic rings. The number of esters is 1. The number of carbonyl (C=O) groups is 2. The van der Waals surface area contributed by atoms with Gasteiger partial charge in [0.05, 0.1) is 6.61 Å². The van der Waals surface area contributed by atoms with Crippen molar-refractivity contribution in [2.45, 2.75) is 19.8 Å². The fourth-order valence-corrected chi connectivity index (χ4v) is 0.381. The lowest BCUT2D eigenvalue weighted by Crippen LogP contribution is -2.06. The van der Waals surface area contributed by atoms with Gasteiger partial charge in [0.25, 0.3) is 0 Å². The van der Waals surface area contributed by atoms with Crippen LogP contribution in [0.3, 0.4) is 0 Å². The molecular weight excluding hydrogens is 132 g/mol. The molecular formula is C7H11O3. The topological polar surface area (TPSA) is 43.4 Å². The molecule has 0 fully saturated rings. The largest absolute Gasteiger partial charge is 0.465 e. The van der Waals surface area contributed by atoms with Crippen molar-refractivity contribution in [3.05, 3.63) is 6.92 Å². The van der Waals surface area contributed by atoms with E-state index in [9.17, 15) is 9.59 Å². The van der Waals surface area contributed by atoms with Gasteiger partial charge in [-0.2, -0.15) is 0 Å². The Kier molecular flexibility index (Phi) is 4.54. The Balaban J connectivity index is 3.20. The van der Waals surface area contributed by atoms with E-state index in [0.717, 1.165) is 0 Å². The quantitative estimate of drug-likeness (QED) is 0.545. The number of ether oxygens (including phenoxy) is 1. The molecule has 0 aliphatic carbocycles. The Morgan fingerprint density at radius 1 is 1.50 bits per heavy atom. The zero-order valence-corrected chi connectivity index (χ0v) is 6.05.